The highest BCUT2D eigenvalue weighted by atomic mass is 32.2. The van der Waals surface area contributed by atoms with E-state index in [1.165, 1.54) is 12.1 Å². The van der Waals surface area contributed by atoms with Crippen LogP contribution in [-0.4, -0.2) is 28.3 Å². The second-order valence-electron chi connectivity index (χ2n) is 4.16. The number of nitrogens with zero attached hydrogens (tertiary/aromatic N) is 3. The SMILES string of the molecule is CCn1cnnc1CNS(=O)(=O)c1cccc(CO)c1. The molecule has 0 saturated heterocycles. The van der Waals surface area contributed by atoms with Crippen LogP contribution in [0, 0.1) is 0 Å². The van der Waals surface area contributed by atoms with Gasteiger partial charge in [0.25, 0.3) is 0 Å². The zero-order chi connectivity index (χ0) is 14.6. The van der Waals surface area contributed by atoms with Crippen molar-refractivity contribution in [2.45, 2.75) is 31.5 Å². The van der Waals surface area contributed by atoms with Crippen molar-refractivity contribution >= 4 is 10.0 Å². The molecular formula is C12H16N4O3S. The fourth-order valence-electron chi connectivity index (χ4n) is 1.73. The molecule has 0 atom stereocenters. The monoisotopic (exact) mass is 296 g/mol. The van der Waals surface area contributed by atoms with Gasteiger partial charge in [0.15, 0.2) is 0 Å². The number of hydrogen-bond acceptors (Lipinski definition) is 5. The summed E-state index contributed by atoms with van der Waals surface area (Å²) in [5, 5.41) is 16.6. The Morgan fingerprint density at radius 3 is 2.90 bits per heavy atom. The number of aromatic nitrogens is 3. The summed E-state index contributed by atoms with van der Waals surface area (Å²) in [7, 11) is -3.64. The first kappa shape index (κ1) is 14.6. The Hall–Kier alpha value is -1.77. The van der Waals surface area contributed by atoms with E-state index in [4.69, 9.17) is 5.11 Å². The smallest absolute Gasteiger partial charge is 0.240 e. The van der Waals surface area contributed by atoms with Gasteiger partial charge in [-0.15, -0.1) is 10.2 Å². The van der Waals surface area contributed by atoms with Crippen LogP contribution in [-0.2, 0) is 29.7 Å². The molecule has 0 fully saturated rings. The van der Waals surface area contributed by atoms with Crippen LogP contribution in [0.3, 0.4) is 0 Å². The highest BCUT2D eigenvalue weighted by Crippen LogP contribution is 2.12. The second kappa shape index (κ2) is 6.12. The Kier molecular flexibility index (Phi) is 4.48. The Morgan fingerprint density at radius 1 is 1.40 bits per heavy atom. The van der Waals surface area contributed by atoms with E-state index < -0.39 is 10.0 Å². The maximum absolute atomic E-state index is 12.1. The summed E-state index contributed by atoms with van der Waals surface area (Å²) < 4.78 is 28.5. The molecule has 2 aromatic rings. The first-order valence-corrected chi connectivity index (χ1v) is 7.61. The van der Waals surface area contributed by atoms with Crippen molar-refractivity contribution < 1.29 is 13.5 Å². The van der Waals surface area contributed by atoms with E-state index in [2.05, 4.69) is 14.9 Å². The fourth-order valence-corrected chi connectivity index (χ4v) is 2.78. The minimum atomic E-state index is -3.64. The highest BCUT2D eigenvalue weighted by molar-refractivity contribution is 7.89. The minimum absolute atomic E-state index is 0.0690. The molecule has 0 unspecified atom stereocenters. The molecule has 0 aliphatic heterocycles. The largest absolute Gasteiger partial charge is 0.392 e. The summed E-state index contributed by atoms with van der Waals surface area (Å²) in [6.45, 7) is 2.46. The average Bonchev–Trinajstić information content (AvgIpc) is 2.93. The second-order valence-corrected chi connectivity index (χ2v) is 5.93. The van der Waals surface area contributed by atoms with E-state index in [1.54, 1.807) is 23.0 Å². The van der Waals surface area contributed by atoms with E-state index in [1.807, 2.05) is 6.92 Å². The molecule has 0 amide bonds. The van der Waals surface area contributed by atoms with Crippen LogP contribution < -0.4 is 4.72 Å². The van der Waals surface area contributed by atoms with E-state index in [-0.39, 0.29) is 18.0 Å². The average molecular weight is 296 g/mol. The van der Waals surface area contributed by atoms with Crippen LogP contribution >= 0.6 is 0 Å². The van der Waals surface area contributed by atoms with Crippen LogP contribution in [0.4, 0.5) is 0 Å². The Morgan fingerprint density at radius 2 is 2.20 bits per heavy atom. The zero-order valence-electron chi connectivity index (χ0n) is 11.0. The number of aliphatic hydroxyl groups is 1. The van der Waals surface area contributed by atoms with Gasteiger partial charge in [-0.05, 0) is 24.6 Å². The van der Waals surface area contributed by atoms with Gasteiger partial charge in [-0.3, -0.25) is 0 Å². The highest BCUT2D eigenvalue weighted by Gasteiger charge is 2.15. The third kappa shape index (κ3) is 3.21. The van der Waals surface area contributed by atoms with Crippen molar-refractivity contribution in [1.82, 2.24) is 19.5 Å². The number of aliphatic hydroxyl groups excluding tert-OH is 1. The molecule has 8 heteroatoms. The molecule has 0 saturated carbocycles. The molecule has 1 heterocycles. The fraction of sp³-hybridized carbons (Fsp3) is 0.333. The van der Waals surface area contributed by atoms with Gasteiger partial charge in [-0.2, -0.15) is 0 Å². The topological polar surface area (TPSA) is 97.1 Å². The molecule has 0 spiro atoms. The van der Waals surface area contributed by atoms with Crippen LogP contribution in [0.2, 0.25) is 0 Å². The molecule has 0 bridgehead atoms. The van der Waals surface area contributed by atoms with Gasteiger partial charge >= 0.3 is 0 Å². The first-order valence-electron chi connectivity index (χ1n) is 6.13. The predicted molar refractivity (Wildman–Crippen MR) is 72.1 cm³/mol. The third-order valence-electron chi connectivity index (χ3n) is 2.85. The van der Waals surface area contributed by atoms with E-state index in [9.17, 15) is 8.42 Å². The molecule has 0 aliphatic rings. The molecule has 2 N–H and O–H groups in total. The standard InChI is InChI=1S/C12H16N4O3S/c1-2-16-9-13-15-12(16)7-14-20(18,19)11-5-3-4-10(6-11)8-17/h3-6,9,14,17H,2,7-8H2,1H3. The minimum Gasteiger partial charge on any atom is -0.392 e. The van der Waals surface area contributed by atoms with Crippen LogP contribution in [0.5, 0.6) is 0 Å². The van der Waals surface area contributed by atoms with Gasteiger partial charge in [0.2, 0.25) is 10.0 Å². The maximum Gasteiger partial charge on any atom is 0.240 e. The molecule has 1 aromatic heterocycles. The lowest BCUT2D eigenvalue weighted by atomic mass is 10.2. The van der Waals surface area contributed by atoms with Crippen molar-refractivity contribution in [1.29, 1.82) is 0 Å². The van der Waals surface area contributed by atoms with Gasteiger partial charge in [0.1, 0.15) is 12.2 Å². The Labute approximate surface area is 117 Å². The summed E-state index contributed by atoms with van der Waals surface area (Å²) in [6, 6.07) is 6.17. The van der Waals surface area contributed by atoms with Gasteiger partial charge in [0, 0.05) is 6.54 Å². The zero-order valence-corrected chi connectivity index (χ0v) is 11.8. The van der Waals surface area contributed by atoms with Crippen molar-refractivity contribution in [2.75, 3.05) is 0 Å². The summed E-state index contributed by atoms with van der Waals surface area (Å²) >= 11 is 0. The normalized spacial score (nSPS) is 11.7. The Balaban J connectivity index is 2.15. The summed E-state index contributed by atoms with van der Waals surface area (Å²) in [5.41, 5.74) is 0.546. The van der Waals surface area contributed by atoms with Crippen LogP contribution in [0.25, 0.3) is 0 Å². The van der Waals surface area contributed by atoms with E-state index >= 15 is 0 Å². The summed E-state index contributed by atoms with van der Waals surface area (Å²) in [5.74, 6) is 0.550. The lowest BCUT2D eigenvalue weighted by Gasteiger charge is -2.08. The van der Waals surface area contributed by atoms with E-state index in [0.717, 1.165) is 0 Å². The molecule has 2 rings (SSSR count). The predicted octanol–water partition coefficient (Wildman–Crippen LogP) is 0.269. The number of benzene rings is 1. The quantitative estimate of drug-likeness (QED) is 0.797. The van der Waals surface area contributed by atoms with Gasteiger partial charge in [-0.25, -0.2) is 13.1 Å². The van der Waals surface area contributed by atoms with E-state index in [0.29, 0.717) is 17.9 Å². The van der Waals surface area contributed by atoms with Crippen molar-refractivity contribution in [3.05, 3.63) is 42.0 Å². The van der Waals surface area contributed by atoms with Crippen molar-refractivity contribution in [2.24, 2.45) is 0 Å². The van der Waals surface area contributed by atoms with Crippen LogP contribution in [0.1, 0.15) is 18.3 Å². The molecule has 108 valence electrons. The van der Waals surface area contributed by atoms with Crippen molar-refractivity contribution in [3.63, 3.8) is 0 Å². The number of nitrogens with one attached hydrogen (secondary N) is 1. The first-order chi connectivity index (χ1) is 9.56. The van der Waals surface area contributed by atoms with Crippen LogP contribution in [0.15, 0.2) is 35.5 Å². The molecule has 0 radical (unpaired) electrons. The summed E-state index contributed by atoms with van der Waals surface area (Å²) in [4.78, 5) is 0.117. The van der Waals surface area contributed by atoms with Gasteiger partial charge < -0.3 is 9.67 Å². The number of hydrogen-bond donors (Lipinski definition) is 2. The lowest BCUT2D eigenvalue weighted by Crippen LogP contribution is -2.25. The Bertz CT molecular complexity index is 682. The number of aryl methyl sites for hydroxylation is 1. The molecule has 1 aromatic carbocycles. The maximum atomic E-state index is 12.1. The number of sulfonamides is 1. The lowest BCUT2D eigenvalue weighted by molar-refractivity contribution is 0.281. The molecule has 20 heavy (non-hydrogen) atoms. The summed E-state index contributed by atoms with van der Waals surface area (Å²) in [6.07, 6.45) is 1.55. The van der Waals surface area contributed by atoms with Crippen molar-refractivity contribution in [3.8, 4) is 0 Å². The number of rotatable bonds is 6. The molecule has 7 nitrogen and oxygen atoms in total. The van der Waals surface area contributed by atoms with Gasteiger partial charge in [-0.1, -0.05) is 12.1 Å². The third-order valence-corrected chi connectivity index (χ3v) is 4.25. The molecule has 0 aliphatic carbocycles. The van der Waals surface area contributed by atoms with Gasteiger partial charge in [0.05, 0.1) is 18.0 Å². The molecular weight excluding hydrogens is 280 g/mol.